The van der Waals surface area contributed by atoms with Gasteiger partial charge in [-0.2, -0.15) is 11.8 Å². The molecule has 0 spiro atoms. The van der Waals surface area contributed by atoms with Crippen LogP contribution in [0.1, 0.15) is 19.4 Å². The van der Waals surface area contributed by atoms with Crippen LogP contribution in [0.2, 0.25) is 0 Å². The first-order valence-corrected chi connectivity index (χ1v) is 7.60. The summed E-state index contributed by atoms with van der Waals surface area (Å²) in [5.41, 5.74) is 0.767. The number of benzene rings is 1. The van der Waals surface area contributed by atoms with E-state index in [1.807, 2.05) is 24.9 Å². The van der Waals surface area contributed by atoms with Crippen LogP contribution in [0.5, 0.6) is 0 Å². The maximum absolute atomic E-state index is 13.6. The summed E-state index contributed by atoms with van der Waals surface area (Å²) >= 11 is 5.27. The van der Waals surface area contributed by atoms with E-state index in [4.69, 9.17) is 0 Å². The van der Waals surface area contributed by atoms with Crippen molar-refractivity contribution in [1.29, 1.82) is 0 Å². The van der Waals surface area contributed by atoms with Crippen molar-refractivity contribution in [2.45, 2.75) is 31.6 Å². The summed E-state index contributed by atoms with van der Waals surface area (Å²) in [5, 5.41) is 3.86. The smallest absolute Gasteiger partial charge is 0.126 e. The largest absolute Gasteiger partial charge is 0.316 e. The van der Waals surface area contributed by atoms with Crippen molar-refractivity contribution in [3.63, 3.8) is 0 Å². The Hall–Kier alpha value is -0.0600. The summed E-state index contributed by atoms with van der Waals surface area (Å²) in [6.45, 7) is 4.36. The van der Waals surface area contributed by atoms with Crippen molar-refractivity contribution in [1.82, 2.24) is 5.32 Å². The lowest BCUT2D eigenvalue weighted by atomic mass is 10.1. The molecule has 0 saturated carbocycles. The van der Waals surface area contributed by atoms with E-state index in [-0.39, 0.29) is 5.82 Å². The molecule has 1 unspecified atom stereocenters. The van der Waals surface area contributed by atoms with E-state index in [1.54, 1.807) is 6.07 Å². The number of likely N-dealkylation sites (N-methyl/N-ethyl adjacent to an activating group) is 1. The number of rotatable bonds is 6. The first kappa shape index (κ1) is 15.0. The molecule has 0 aliphatic carbocycles. The molecule has 17 heavy (non-hydrogen) atoms. The second-order valence-corrected chi connectivity index (χ2v) is 6.83. The number of nitrogens with one attached hydrogen (secondary N) is 1. The van der Waals surface area contributed by atoms with Gasteiger partial charge in [0.25, 0.3) is 0 Å². The van der Waals surface area contributed by atoms with E-state index >= 15 is 0 Å². The molecule has 0 heterocycles. The van der Waals surface area contributed by atoms with Crippen molar-refractivity contribution >= 4 is 27.7 Å². The molecular formula is C13H19BrFNS. The Bertz CT molecular complexity index is 357. The van der Waals surface area contributed by atoms with Gasteiger partial charge >= 0.3 is 0 Å². The average Bonchev–Trinajstić information content (AvgIpc) is 2.28. The fraction of sp³-hybridized carbons (Fsp3) is 0.538. The van der Waals surface area contributed by atoms with Gasteiger partial charge in [0, 0.05) is 16.3 Å². The van der Waals surface area contributed by atoms with Gasteiger partial charge in [-0.15, -0.1) is 0 Å². The monoisotopic (exact) mass is 319 g/mol. The van der Waals surface area contributed by atoms with Crippen molar-refractivity contribution in [3.8, 4) is 0 Å². The third kappa shape index (κ3) is 5.40. The fourth-order valence-corrected chi connectivity index (χ4v) is 2.83. The predicted molar refractivity (Wildman–Crippen MR) is 78.2 cm³/mol. The van der Waals surface area contributed by atoms with Crippen LogP contribution in [0.25, 0.3) is 0 Å². The van der Waals surface area contributed by atoms with Gasteiger partial charge in [-0.3, -0.25) is 0 Å². The van der Waals surface area contributed by atoms with Gasteiger partial charge in [-0.1, -0.05) is 29.8 Å². The summed E-state index contributed by atoms with van der Waals surface area (Å²) in [6.07, 6.45) is 0.724. The van der Waals surface area contributed by atoms with Gasteiger partial charge in [0.1, 0.15) is 5.82 Å². The highest BCUT2D eigenvalue weighted by Gasteiger charge is 2.12. The normalized spacial score (nSPS) is 13.1. The molecule has 4 heteroatoms. The molecule has 0 saturated heterocycles. The molecule has 0 bridgehead atoms. The van der Waals surface area contributed by atoms with E-state index in [2.05, 4.69) is 35.1 Å². The van der Waals surface area contributed by atoms with Crippen LogP contribution in [0.4, 0.5) is 4.39 Å². The SMILES string of the molecule is CNC(CSC(C)C)Cc1cc(Br)ccc1F. The summed E-state index contributed by atoms with van der Waals surface area (Å²) < 4.78 is 14.5. The second kappa shape index (κ2) is 7.39. The molecule has 0 amide bonds. The zero-order valence-corrected chi connectivity index (χ0v) is 12.9. The van der Waals surface area contributed by atoms with Crippen LogP contribution in [0, 0.1) is 5.82 Å². The minimum absolute atomic E-state index is 0.122. The Labute approximate surface area is 116 Å². The molecule has 0 radical (unpaired) electrons. The number of hydrogen-bond acceptors (Lipinski definition) is 2. The van der Waals surface area contributed by atoms with E-state index in [0.717, 1.165) is 22.2 Å². The zero-order valence-electron chi connectivity index (χ0n) is 10.5. The Morgan fingerprint density at radius 1 is 1.41 bits per heavy atom. The maximum Gasteiger partial charge on any atom is 0.126 e. The summed E-state index contributed by atoms with van der Waals surface area (Å²) in [6, 6.07) is 5.42. The fourth-order valence-electron chi connectivity index (χ4n) is 1.52. The highest BCUT2D eigenvalue weighted by atomic mass is 79.9. The van der Waals surface area contributed by atoms with Crippen LogP contribution in [0.3, 0.4) is 0 Å². The quantitative estimate of drug-likeness (QED) is 0.854. The number of hydrogen-bond donors (Lipinski definition) is 1. The molecule has 96 valence electrons. The molecule has 0 fully saturated rings. The predicted octanol–water partition coefficient (Wildman–Crippen LogP) is 3.86. The van der Waals surface area contributed by atoms with Crippen LogP contribution < -0.4 is 5.32 Å². The van der Waals surface area contributed by atoms with E-state index in [9.17, 15) is 4.39 Å². The van der Waals surface area contributed by atoms with Gasteiger partial charge in [0.15, 0.2) is 0 Å². The Balaban J connectivity index is 2.63. The molecule has 1 aromatic rings. The van der Waals surface area contributed by atoms with Gasteiger partial charge in [0.2, 0.25) is 0 Å². The maximum atomic E-state index is 13.6. The van der Waals surface area contributed by atoms with Crippen molar-refractivity contribution in [3.05, 3.63) is 34.1 Å². The molecule has 1 rings (SSSR count). The van der Waals surface area contributed by atoms with Gasteiger partial charge in [0.05, 0.1) is 0 Å². The molecular weight excluding hydrogens is 301 g/mol. The van der Waals surface area contributed by atoms with E-state index < -0.39 is 0 Å². The third-order valence-electron chi connectivity index (χ3n) is 2.51. The van der Waals surface area contributed by atoms with Crippen LogP contribution in [0.15, 0.2) is 22.7 Å². The van der Waals surface area contributed by atoms with Crippen molar-refractivity contribution in [2.75, 3.05) is 12.8 Å². The van der Waals surface area contributed by atoms with Crippen LogP contribution in [-0.4, -0.2) is 24.1 Å². The molecule has 0 aliphatic rings. The number of thioether (sulfide) groups is 1. The third-order valence-corrected chi connectivity index (χ3v) is 4.27. The topological polar surface area (TPSA) is 12.0 Å². The van der Waals surface area contributed by atoms with Crippen molar-refractivity contribution in [2.24, 2.45) is 0 Å². The molecule has 0 aliphatic heterocycles. The lowest BCUT2D eigenvalue weighted by molar-refractivity contribution is 0.568. The number of halogens is 2. The Kier molecular flexibility index (Phi) is 6.52. The standard InChI is InChI=1S/C13H19BrFNS/c1-9(2)17-8-12(16-3)7-10-6-11(14)4-5-13(10)15/h4-6,9,12,16H,7-8H2,1-3H3. The Morgan fingerprint density at radius 3 is 2.71 bits per heavy atom. The lowest BCUT2D eigenvalue weighted by Crippen LogP contribution is -2.31. The minimum Gasteiger partial charge on any atom is -0.316 e. The molecule has 1 N–H and O–H groups in total. The molecule has 1 nitrogen and oxygen atoms in total. The summed E-state index contributed by atoms with van der Waals surface area (Å²) in [4.78, 5) is 0. The Morgan fingerprint density at radius 2 is 2.12 bits per heavy atom. The first-order chi connectivity index (χ1) is 8.02. The lowest BCUT2D eigenvalue weighted by Gasteiger charge is -2.17. The zero-order chi connectivity index (χ0) is 12.8. The van der Waals surface area contributed by atoms with Gasteiger partial charge in [-0.05, 0) is 42.5 Å². The van der Waals surface area contributed by atoms with Gasteiger partial charge < -0.3 is 5.32 Å². The summed E-state index contributed by atoms with van der Waals surface area (Å²) in [7, 11) is 1.93. The van der Waals surface area contributed by atoms with Crippen molar-refractivity contribution < 1.29 is 4.39 Å². The van der Waals surface area contributed by atoms with Crippen LogP contribution in [-0.2, 0) is 6.42 Å². The second-order valence-electron chi connectivity index (χ2n) is 4.31. The average molecular weight is 320 g/mol. The first-order valence-electron chi connectivity index (χ1n) is 5.75. The van der Waals surface area contributed by atoms with Crippen LogP contribution >= 0.6 is 27.7 Å². The molecule has 1 aromatic carbocycles. The van der Waals surface area contributed by atoms with E-state index in [1.165, 1.54) is 6.07 Å². The molecule has 0 aromatic heterocycles. The minimum atomic E-state index is -0.122. The highest BCUT2D eigenvalue weighted by Crippen LogP contribution is 2.19. The summed E-state index contributed by atoms with van der Waals surface area (Å²) in [5.74, 6) is 0.878. The van der Waals surface area contributed by atoms with E-state index in [0.29, 0.717) is 11.3 Å². The van der Waals surface area contributed by atoms with Gasteiger partial charge in [-0.25, -0.2) is 4.39 Å². The highest BCUT2D eigenvalue weighted by molar-refractivity contribution is 9.10. The molecule has 1 atom stereocenters.